The highest BCUT2D eigenvalue weighted by Gasteiger charge is 2.17. The second-order valence-corrected chi connectivity index (χ2v) is 8.77. The first kappa shape index (κ1) is 22.7. The molecule has 1 aromatic carbocycles. The standard InChI is InChI=1S/C21H24N6O2S2/c1-5-8-27-17(10-18(28)23-16-7-6-13(2)9-14(16)3)25-26-21(27)31-12-19(29)24-20-22-15(4)11-30-20/h5-7,9,11H,1,8,10,12H2,2-4H3,(H,23,28)(H,22,24,29). The number of carbonyl (C=O) groups excluding carboxylic acids is 2. The van der Waals surface area contributed by atoms with Gasteiger partial charge in [0.15, 0.2) is 10.3 Å². The summed E-state index contributed by atoms with van der Waals surface area (Å²) < 4.78 is 1.79. The monoisotopic (exact) mass is 456 g/mol. The van der Waals surface area contributed by atoms with Crippen LogP contribution in [0.5, 0.6) is 0 Å². The molecule has 8 nitrogen and oxygen atoms in total. The number of rotatable bonds is 9. The maximum Gasteiger partial charge on any atom is 0.236 e. The molecule has 0 saturated heterocycles. The average Bonchev–Trinajstić information content (AvgIpc) is 3.29. The Labute approximate surface area is 189 Å². The maximum absolute atomic E-state index is 12.6. The topological polar surface area (TPSA) is 102 Å². The molecule has 0 saturated carbocycles. The normalized spacial score (nSPS) is 10.7. The number of carbonyl (C=O) groups is 2. The lowest BCUT2D eigenvalue weighted by atomic mass is 10.1. The van der Waals surface area contributed by atoms with E-state index in [4.69, 9.17) is 0 Å². The molecule has 0 bridgehead atoms. The van der Waals surface area contributed by atoms with E-state index in [1.807, 2.05) is 44.4 Å². The Morgan fingerprint density at radius 2 is 2.00 bits per heavy atom. The van der Waals surface area contributed by atoms with Crippen LogP contribution in [-0.4, -0.2) is 37.3 Å². The third-order valence-electron chi connectivity index (χ3n) is 4.28. The van der Waals surface area contributed by atoms with Gasteiger partial charge in [-0.3, -0.25) is 9.59 Å². The molecular weight excluding hydrogens is 432 g/mol. The zero-order chi connectivity index (χ0) is 22.4. The molecule has 0 aliphatic rings. The number of nitrogens with one attached hydrogen (secondary N) is 2. The van der Waals surface area contributed by atoms with Crippen molar-refractivity contribution in [2.45, 2.75) is 38.9 Å². The van der Waals surface area contributed by atoms with E-state index in [1.54, 1.807) is 10.6 Å². The van der Waals surface area contributed by atoms with Crippen molar-refractivity contribution in [1.82, 2.24) is 19.7 Å². The van der Waals surface area contributed by atoms with Crippen molar-refractivity contribution in [3.8, 4) is 0 Å². The molecule has 31 heavy (non-hydrogen) atoms. The van der Waals surface area contributed by atoms with Crippen LogP contribution in [0.15, 0.2) is 41.4 Å². The Balaban J connectivity index is 1.63. The van der Waals surface area contributed by atoms with Crippen molar-refractivity contribution >= 4 is 45.7 Å². The van der Waals surface area contributed by atoms with Gasteiger partial charge in [-0.2, -0.15) is 0 Å². The van der Waals surface area contributed by atoms with Crippen molar-refractivity contribution in [3.63, 3.8) is 0 Å². The summed E-state index contributed by atoms with van der Waals surface area (Å²) in [6, 6.07) is 5.86. The van der Waals surface area contributed by atoms with Crippen molar-refractivity contribution in [1.29, 1.82) is 0 Å². The molecule has 2 N–H and O–H groups in total. The molecule has 3 aromatic rings. The van der Waals surface area contributed by atoms with Gasteiger partial charge in [-0.25, -0.2) is 4.98 Å². The summed E-state index contributed by atoms with van der Waals surface area (Å²) in [5.41, 5.74) is 3.77. The molecule has 10 heteroatoms. The zero-order valence-electron chi connectivity index (χ0n) is 17.6. The van der Waals surface area contributed by atoms with E-state index in [0.717, 1.165) is 22.5 Å². The number of amides is 2. The smallest absolute Gasteiger partial charge is 0.236 e. The third-order valence-corrected chi connectivity index (χ3v) is 6.12. The fraction of sp³-hybridized carbons (Fsp3) is 0.286. The highest BCUT2D eigenvalue weighted by molar-refractivity contribution is 7.99. The van der Waals surface area contributed by atoms with E-state index in [0.29, 0.717) is 22.7 Å². The van der Waals surface area contributed by atoms with Crippen LogP contribution in [-0.2, 0) is 22.6 Å². The molecule has 0 unspecified atom stereocenters. The van der Waals surface area contributed by atoms with E-state index < -0.39 is 0 Å². The molecule has 0 radical (unpaired) electrons. The van der Waals surface area contributed by atoms with E-state index in [-0.39, 0.29) is 24.0 Å². The Morgan fingerprint density at radius 3 is 2.68 bits per heavy atom. The fourth-order valence-corrected chi connectivity index (χ4v) is 4.33. The average molecular weight is 457 g/mol. The SMILES string of the molecule is C=CCn1c(CC(=O)Nc2ccc(C)cc2C)nnc1SCC(=O)Nc1nc(C)cs1. The Bertz CT molecular complexity index is 1110. The van der Waals surface area contributed by atoms with Gasteiger partial charge in [0, 0.05) is 17.6 Å². The van der Waals surface area contributed by atoms with E-state index in [2.05, 4.69) is 32.4 Å². The summed E-state index contributed by atoms with van der Waals surface area (Å²) >= 11 is 2.63. The number of anilines is 2. The van der Waals surface area contributed by atoms with Gasteiger partial charge in [-0.05, 0) is 32.4 Å². The summed E-state index contributed by atoms with van der Waals surface area (Å²) in [5.74, 6) is 0.309. The molecule has 3 rings (SSSR count). The second-order valence-electron chi connectivity index (χ2n) is 6.97. The molecule has 2 aromatic heterocycles. The maximum atomic E-state index is 12.6. The predicted molar refractivity (Wildman–Crippen MR) is 125 cm³/mol. The van der Waals surface area contributed by atoms with Crippen LogP contribution in [0.1, 0.15) is 22.6 Å². The summed E-state index contributed by atoms with van der Waals surface area (Å²) in [5, 5.41) is 17.0. The minimum atomic E-state index is -0.182. The van der Waals surface area contributed by atoms with Crippen LogP contribution in [0.25, 0.3) is 0 Å². The summed E-state index contributed by atoms with van der Waals surface area (Å²) in [4.78, 5) is 29.0. The fourth-order valence-electron chi connectivity index (χ4n) is 2.86. The van der Waals surface area contributed by atoms with Crippen LogP contribution < -0.4 is 10.6 Å². The molecule has 0 aliphatic heterocycles. The van der Waals surface area contributed by atoms with Gasteiger partial charge in [-0.1, -0.05) is 35.5 Å². The second kappa shape index (κ2) is 10.4. The number of allylic oxidation sites excluding steroid dienone is 1. The van der Waals surface area contributed by atoms with Gasteiger partial charge >= 0.3 is 0 Å². The van der Waals surface area contributed by atoms with Gasteiger partial charge in [0.1, 0.15) is 5.82 Å². The lowest BCUT2D eigenvalue weighted by Crippen LogP contribution is -2.18. The van der Waals surface area contributed by atoms with Crippen LogP contribution in [0.4, 0.5) is 10.8 Å². The van der Waals surface area contributed by atoms with Gasteiger partial charge in [0.25, 0.3) is 0 Å². The van der Waals surface area contributed by atoms with Gasteiger partial charge in [-0.15, -0.1) is 28.1 Å². The molecule has 0 atom stereocenters. The Kier molecular flexibility index (Phi) is 7.59. The van der Waals surface area contributed by atoms with Crippen molar-refractivity contribution < 1.29 is 9.59 Å². The number of thiazole rings is 1. The molecular formula is C21H24N6O2S2. The first-order valence-electron chi connectivity index (χ1n) is 9.60. The Morgan fingerprint density at radius 1 is 1.19 bits per heavy atom. The first-order chi connectivity index (χ1) is 14.9. The highest BCUT2D eigenvalue weighted by atomic mass is 32.2. The molecule has 162 valence electrons. The van der Waals surface area contributed by atoms with Crippen molar-refractivity contribution in [2.24, 2.45) is 0 Å². The number of nitrogens with zero attached hydrogens (tertiary/aromatic N) is 4. The number of benzene rings is 1. The van der Waals surface area contributed by atoms with E-state index in [1.165, 1.54) is 23.1 Å². The minimum absolute atomic E-state index is 0.0688. The highest BCUT2D eigenvalue weighted by Crippen LogP contribution is 2.20. The van der Waals surface area contributed by atoms with Gasteiger partial charge in [0.05, 0.1) is 17.9 Å². The minimum Gasteiger partial charge on any atom is -0.325 e. The lowest BCUT2D eigenvalue weighted by Gasteiger charge is -2.10. The molecule has 0 fully saturated rings. The molecule has 2 heterocycles. The van der Waals surface area contributed by atoms with Gasteiger partial charge in [0.2, 0.25) is 11.8 Å². The Hall–Kier alpha value is -2.98. The number of hydrogen-bond donors (Lipinski definition) is 2. The van der Waals surface area contributed by atoms with Gasteiger partial charge < -0.3 is 15.2 Å². The number of thioether (sulfide) groups is 1. The van der Waals surface area contributed by atoms with Crippen molar-refractivity contribution in [3.05, 3.63) is 58.9 Å². The molecule has 0 aliphatic carbocycles. The quantitative estimate of drug-likeness (QED) is 0.376. The summed E-state index contributed by atoms with van der Waals surface area (Å²) in [7, 11) is 0. The number of aromatic nitrogens is 4. The lowest BCUT2D eigenvalue weighted by molar-refractivity contribution is -0.116. The van der Waals surface area contributed by atoms with Crippen LogP contribution in [0, 0.1) is 20.8 Å². The summed E-state index contributed by atoms with van der Waals surface area (Å²) in [6.07, 6.45) is 1.77. The zero-order valence-corrected chi connectivity index (χ0v) is 19.3. The summed E-state index contributed by atoms with van der Waals surface area (Å²) in [6.45, 7) is 10.0. The van der Waals surface area contributed by atoms with Crippen LogP contribution >= 0.6 is 23.1 Å². The number of aryl methyl sites for hydroxylation is 3. The predicted octanol–water partition coefficient (Wildman–Crippen LogP) is 3.76. The van der Waals surface area contributed by atoms with E-state index >= 15 is 0 Å². The van der Waals surface area contributed by atoms with Crippen LogP contribution in [0.3, 0.4) is 0 Å². The van der Waals surface area contributed by atoms with Crippen LogP contribution in [0.2, 0.25) is 0 Å². The first-order valence-corrected chi connectivity index (χ1v) is 11.5. The molecule has 0 spiro atoms. The molecule has 2 amide bonds. The van der Waals surface area contributed by atoms with Crippen molar-refractivity contribution in [2.75, 3.05) is 16.4 Å². The third kappa shape index (κ3) is 6.25. The number of hydrogen-bond acceptors (Lipinski definition) is 7. The largest absolute Gasteiger partial charge is 0.325 e. The van der Waals surface area contributed by atoms with E-state index in [9.17, 15) is 9.59 Å².